The van der Waals surface area contributed by atoms with Crippen molar-refractivity contribution in [2.75, 3.05) is 65.6 Å². The molecule has 31 heavy (non-hydrogen) atoms. The number of halogens is 1. The van der Waals surface area contributed by atoms with Gasteiger partial charge in [0.25, 0.3) is 0 Å². The fourth-order valence-electron chi connectivity index (χ4n) is 3.81. The summed E-state index contributed by atoms with van der Waals surface area (Å²) in [6, 6.07) is 10.5. The third-order valence-electron chi connectivity index (χ3n) is 5.57. The minimum absolute atomic E-state index is 0. The van der Waals surface area contributed by atoms with E-state index in [1.54, 1.807) is 0 Å². The molecule has 7 heteroatoms. The SMILES string of the molecule is CCNC(=NCCCOC1CCOCC1)N1CCN(C/C=C/c2ccccc2)CC1.I. The first-order valence-corrected chi connectivity index (χ1v) is 11.5. The summed E-state index contributed by atoms with van der Waals surface area (Å²) >= 11 is 0. The number of nitrogens with zero attached hydrogens (tertiary/aromatic N) is 3. The van der Waals surface area contributed by atoms with Crippen LogP contribution in [0.3, 0.4) is 0 Å². The summed E-state index contributed by atoms with van der Waals surface area (Å²) in [4.78, 5) is 9.73. The molecule has 3 rings (SSSR count). The van der Waals surface area contributed by atoms with E-state index >= 15 is 0 Å². The smallest absolute Gasteiger partial charge is 0.194 e. The average Bonchev–Trinajstić information content (AvgIpc) is 2.80. The Balaban J connectivity index is 0.00000341. The van der Waals surface area contributed by atoms with E-state index in [4.69, 9.17) is 14.5 Å². The Bertz CT molecular complexity index is 642. The molecule has 1 aromatic carbocycles. The minimum atomic E-state index is 0. The number of piperazine rings is 1. The summed E-state index contributed by atoms with van der Waals surface area (Å²) in [6.07, 6.45) is 7.87. The zero-order valence-corrected chi connectivity index (χ0v) is 21.2. The van der Waals surface area contributed by atoms with Crippen molar-refractivity contribution in [3.63, 3.8) is 0 Å². The predicted molar refractivity (Wildman–Crippen MR) is 139 cm³/mol. The lowest BCUT2D eigenvalue weighted by molar-refractivity contribution is -0.0318. The third kappa shape index (κ3) is 9.89. The van der Waals surface area contributed by atoms with Gasteiger partial charge in [0.05, 0.1) is 6.10 Å². The topological polar surface area (TPSA) is 49.3 Å². The highest BCUT2D eigenvalue weighted by atomic mass is 127. The molecule has 0 bridgehead atoms. The van der Waals surface area contributed by atoms with E-state index in [1.165, 1.54) is 5.56 Å². The summed E-state index contributed by atoms with van der Waals surface area (Å²) in [5, 5.41) is 3.46. The van der Waals surface area contributed by atoms with Gasteiger partial charge in [-0.15, -0.1) is 24.0 Å². The molecule has 0 atom stereocenters. The molecule has 174 valence electrons. The summed E-state index contributed by atoms with van der Waals surface area (Å²) in [6.45, 7) is 11.5. The van der Waals surface area contributed by atoms with Crippen LogP contribution in [0.25, 0.3) is 6.08 Å². The summed E-state index contributed by atoms with van der Waals surface area (Å²) < 4.78 is 11.3. The fraction of sp³-hybridized carbons (Fsp3) is 0.625. The quantitative estimate of drug-likeness (QED) is 0.224. The second-order valence-corrected chi connectivity index (χ2v) is 7.87. The highest BCUT2D eigenvalue weighted by Gasteiger charge is 2.18. The number of ether oxygens (including phenoxy) is 2. The molecular formula is C24H39IN4O2. The Hall–Kier alpha value is -1.16. The van der Waals surface area contributed by atoms with Gasteiger partial charge >= 0.3 is 0 Å². The summed E-state index contributed by atoms with van der Waals surface area (Å²) in [5.74, 6) is 1.04. The number of guanidine groups is 1. The van der Waals surface area contributed by atoms with Crippen LogP contribution in [0.4, 0.5) is 0 Å². The summed E-state index contributed by atoms with van der Waals surface area (Å²) in [7, 11) is 0. The van der Waals surface area contributed by atoms with Crippen LogP contribution < -0.4 is 5.32 Å². The van der Waals surface area contributed by atoms with Crippen molar-refractivity contribution < 1.29 is 9.47 Å². The van der Waals surface area contributed by atoms with E-state index in [-0.39, 0.29) is 24.0 Å². The number of benzene rings is 1. The molecule has 1 aromatic rings. The van der Waals surface area contributed by atoms with Crippen molar-refractivity contribution >= 4 is 36.0 Å². The van der Waals surface area contributed by atoms with Gasteiger partial charge in [0.1, 0.15) is 0 Å². The van der Waals surface area contributed by atoms with Crippen LogP contribution in [0.1, 0.15) is 31.7 Å². The molecule has 6 nitrogen and oxygen atoms in total. The predicted octanol–water partition coefficient (Wildman–Crippen LogP) is 3.49. The van der Waals surface area contributed by atoms with Gasteiger partial charge in [-0.3, -0.25) is 9.89 Å². The van der Waals surface area contributed by atoms with Crippen LogP contribution in [-0.4, -0.2) is 87.5 Å². The zero-order valence-electron chi connectivity index (χ0n) is 18.9. The molecule has 0 aliphatic carbocycles. The normalized spacial score (nSPS) is 18.9. The lowest BCUT2D eigenvalue weighted by atomic mass is 10.1. The van der Waals surface area contributed by atoms with Crippen LogP contribution in [0.5, 0.6) is 0 Å². The molecule has 2 aliphatic heterocycles. The first-order valence-electron chi connectivity index (χ1n) is 11.5. The third-order valence-corrected chi connectivity index (χ3v) is 5.57. The molecule has 2 saturated heterocycles. The van der Waals surface area contributed by atoms with E-state index in [2.05, 4.69) is 64.5 Å². The number of hydrogen-bond acceptors (Lipinski definition) is 4. The molecule has 1 N–H and O–H groups in total. The van der Waals surface area contributed by atoms with E-state index < -0.39 is 0 Å². The maximum atomic E-state index is 5.96. The zero-order chi connectivity index (χ0) is 20.9. The van der Waals surface area contributed by atoms with Gasteiger partial charge in [0.15, 0.2) is 5.96 Å². The number of rotatable bonds is 9. The molecule has 2 aliphatic rings. The van der Waals surface area contributed by atoms with Crippen molar-refractivity contribution in [3.8, 4) is 0 Å². The first-order chi connectivity index (χ1) is 14.8. The van der Waals surface area contributed by atoms with E-state index in [0.717, 1.165) is 90.9 Å². The lowest BCUT2D eigenvalue weighted by Gasteiger charge is -2.36. The van der Waals surface area contributed by atoms with Gasteiger partial charge in [0.2, 0.25) is 0 Å². The largest absolute Gasteiger partial charge is 0.381 e. The lowest BCUT2D eigenvalue weighted by Crippen LogP contribution is -2.52. The van der Waals surface area contributed by atoms with Crippen molar-refractivity contribution in [2.24, 2.45) is 4.99 Å². The fourth-order valence-corrected chi connectivity index (χ4v) is 3.81. The van der Waals surface area contributed by atoms with Gasteiger partial charge in [0, 0.05) is 65.6 Å². The molecule has 0 radical (unpaired) electrons. The number of aliphatic imine (C=N–C) groups is 1. The molecule has 0 aromatic heterocycles. The standard InChI is InChI=1S/C24H38N4O2.HI/c1-2-25-24(26-13-7-19-30-23-11-20-29-21-12-23)28-17-15-27(16-18-28)14-6-10-22-8-4-3-5-9-22;/h3-6,8-10,23H,2,7,11-21H2,1H3,(H,25,26);1H/b10-6+;. The Morgan fingerprint density at radius 2 is 1.90 bits per heavy atom. The molecule has 2 fully saturated rings. The van der Waals surface area contributed by atoms with Crippen LogP contribution in [0.2, 0.25) is 0 Å². The van der Waals surface area contributed by atoms with E-state index in [1.807, 2.05) is 0 Å². The molecular weight excluding hydrogens is 503 g/mol. The Kier molecular flexibility index (Phi) is 13.1. The molecule has 0 amide bonds. The summed E-state index contributed by atoms with van der Waals surface area (Å²) in [5.41, 5.74) is 1.26. The van der Waals surface area contributed by atoms with Crippen molar-refractivity contribution in [3.05, 3.63) is 42.0 Å². The van der Waals surface area contributed by atoms with E-state index in [9.17, 15) is 0 Å². The van der Waals surface area contributed by atoms with Gasteiger partial charge in [-0.2, -0.15) is 0 Å². The Labute approximate surface area is 205 Å². The molecule has 0 unspecified atom stereocenters. The highest BCUT2D eigenvalue weighted by Crippen LogP contribution is 2.11. The second-order valence-electron chi connectivity index (χ2n) is 7.87. The maximum Gasteiger partial charge on any atom is 0.194 e. The van der Waals surface area contributed by atoms with Crippen molar-refractivity contribution in [1.82, 2.24) is 15.1 Å². The van der Waals surface area contributed by atoms with Crippen molar-refractivity contribution in [2.45, 2.75) is 32.3 Å². The monoisotopic (exact) mass is 542 g/mol. The van der Waals surface area contributed by atoms with Gasteiger partial charge in [-0.05, 0) is 31.7 Å². The minimum Gasteiger partial charge on any atom is -0.381 e. The van der Waals surface area contributed by atoms with Gasteiger partial charge in [-0.1, -0.05) is 42.5 Å². The molecule has 0 spiro atoms. The van der Waals surface area contributed by atoms with Gasteiger partial charge < -0.3 is 19.7 Å². The van der Waals surface area contributed by atoms with Gasteiger partial charge in [-0.25, -0.2) is 0 Å². The molecule has 0 saturated carbocycles. The second kappa shape index (κ2) is 15.6. The van der Waals surface area contributed by atoms with Crippen LogP contribution in [0, 0.1) is 0 Å². The molecule has 2 heterocycles. The Morgan fingerprint density at radius 3 is 2.61 bits per heavy atom. The highest BCUT2D eigenvalue weighted by molar-refractivity contribution is 14.0. The Morgan fingerprint density at radius 1 is 1.16 bits per heavy atom. The van der Waals surface area contributed by atoms with Crippen LogP contribution >= 0.6 is 24.0 Å². The maximum absolute atomic E-state index is 5.96. The van der Waals surface area contributed by atoms with Crippen molar-refractivity contribution in [1.29, 1.82) is 0 Å². The number of nitrogens with one attached hydrogen (secondary N) is 1. The number of hydrogen-bond donors (Lipinski definition) is 1. The van der Waals surface area contributed by atoms with E-state index in [0.29, 0.717) is 6.10 Å². The first kappa shape index (κ1) is 26.1. The van der Waals surface area contributed by atoms with Crippen LogP contribution in [-0.2, 0) is 9.47 Å². The average molecular weight is 543 g/mol. The van der Waals surface area contributed by atoms with Crippen LogP contribution in [0.15, 0.2) is 41.4 Å².